The fraction of sp³-hybridized carbons (Fsp3) is 0.500. The van der Waals surface area contributed by atoms with Crippen molar-refractivity contribution in [3.8, 4) is 0 Å². The quantitative estimate of drug-likeness (QED) is 0.650. The molecule has 3 aliphatic rings. The molecule has 3 heterocycles. The van der Waals surface area contributed by atoms with E-state index in [9.17, 15) is 14.4 Å². The molecule has 25 heavy (non-hydrogen) atoms. The Bertz CT molecular complexity index is 729. The van der Waals surface area contributed by atoms with Gasteiger partial charge in [-0.1, -0.05) is 12.1 Å². The third-order valence-electron chi connectivity index (χ3n) is 5.31. The summed E-state index contributed by atoms with van der Waals surface area (Å²) in [5.74, 6) is -0.750. The standard InChI is InChI=1S/C18H22N4O3/c23-16-5-4-15(17(24)21-16)22-10-14-11(2-1-3-13(14)18(22)25)8-19-9-12-6-7-20-12/h1-3,12,15,19-20H,4-10H2,(H,21,23,24)/t12-,15?/m1/s1. The number of rotatable bonds is 5. The second kappa shape index (κ2) is 6.57. The minimum Gasteiger partial charge on any atom is -0.322 e. The molecule has 2 atom stereocenters. The van der Waals surface area contributed by atoms with Gasteiger partial charge in [0.2, 0.25) is 11.8 Å². The first-order valence-electron chi connectivity index (χ1n) is 8.83. The van der Waals surface area contributed by atoms with Crippen LogP contribution in [-0.2, 0) is 22.7 Å². The van der Waals surface area contributed by atoms with Crippen molar-refractivity contribution in [3.05, 3.63) is 34.9 Å². The van der Waals surface area contributed by atoms with Crippen LogP contribution in [0, 0.1) is 0 Å². The van der Waals surface area contributed by atoms with Crippen LogP contribution in [0.25, 0.3) is 0 Å². The molecule has 0 saturated carbocycles. The molecule has 1 aromatic rings. The van der Waals surface area contributed by atoms with E-state index in [0.29, 0.717) is 31.1 Å². The van der Waals surface area contributed by atoms with E-state index in [1.165, 1.54) is 6.42 Å². The zero-order valence-corrected chi connectivity index (χ0v) is 14.0. The highest BCUT2D eigenvalue weighted by Crippen LogP contribution is 2.29. The molecule has 0 aliphatic carbocycles. The Balaban J connectivity index is 1.47. The Morgan fingerprint density at radius 3 is 2.76 bits per heavy atom. The van der Waals surface area contributed by atoms with E-state index in [4.69, 9.17) is 0 Å². The number of hydrogen-bond donors (Lipinski definition) is 3. The number of imide groups is 1. The second-order valence-electron chi connectivity index (χ2n) is 6.91. The number of benzene rings is 1. The number of piperidine rings is 1. The molecule has 0 aromatic heterocycles. The van der Waals surface area contributed by atoms with Crippen LogP contribution >= 0.6 is 0 Å². The van der Waals surface area contributed by atoms with E-state index in [-0.39, 0.29) is 24.1 Å². The molecule has 0 bridgehead atoms. The molecule has 0 spiro atoms. The van der Waals surface area contributed by atoms with Crippen molar-refractivity contribution < 1.29 is 14.4 Å². The summed E-state index contributed by atoms with van der Waals surface area (Å²) in [4.78, 5) is 37.8. The Morgan fingerprint density at radius 2 is 2.04 bits per heavy atom. The van der Waals surface area contributed by atoms with Crippen LogP contribution in [0.2, 0.25) is 0 Å². The number of nitrogens with zero attached hydrogens (tertiary/aromatic N) is 1. The van der Waals surface area contributed by atoms with Crippen LogP contribution in [0.1, 0.15) is 40.7 Å². The summed E-state index contributed by atoms with van der Waals surface area (Å²) >= 11 is 0. The molecule has 2 fully saturated rings. The zero-order valence-electron chi connectivity index (χ0n) is 14.0. The van der Waals surface area contributed by atoms with Crippen LogP contribution in [-0.4, -0.2) is 47.8 Å². The van der Waals surface area contributed by atoms with E-state index in [1.807, 2.05) is 18.2 Å². The molecule has 3 N–H and O–H groups in total. The molecule has 7 nitrogen and oxygen atoms in total. The number of carbonyl (C=O) groups excluding carboxylic acids is 3. The van der Waals surface area contributed by atoms with Crippen molar-refractivity contribution >= 4 is 17.7 Å². The largest absolute Gasteiger partial charge is 0.322 e. The smallest absolute Gasteiger partial charge is 0.255 e. The summed E-state index contributed by atoms with van der Waals surface area (Å²) in [7, 11) is 0. The van der Waals surface area contributed by atoms with Crippen molar-refractivity contribution in [1.29, 1.82) is 0 Å². The van der Waals surface area contributed by atoms with E-state index >= 15 is 0 Å². The van der Waals surface area contributed by atoms with Crippen LogP contribution < -0.4 is 16.0 Å². The predicted octanol–water partition coefficient (Wildman–Crippen LogP) is -0.101. The van der Waals surface area contributed by atoms with E-state index in [1.54, 1.807) is 4.90 Å². The van der Waals surface area contributed by atoms with Gasteiger partial charge in [0.1, 0.15) is 6.04 Å². The molecule has 3 aliphatic heterocycles. The first kappa shape index (κ1) is 16.2. The van der Waals surface area contributed by atoms with E-state index in [0.717, 1.165) is 24.2 Å². The van der Waals surface area contributed by atoms with Crippen LogP contribution in [0.5, 0.6) is 0 Å². The summed E-state index contributed by atoms with van der Waals surface area (Å²) in [5.41, 5.74) is 2.76. The first-order valence-corrected chi connectivity index (χ1v) is 8.83. The van der Waals surface area contributed by atoms with Gasteiger partial charge in [0.15, 0.2) is 0 Å². The molecular weight excluding hydrogens is 320 g/mol. The Kier molecular flexibility index (Phi) is 4.27. The average Bonchev–Trinajstić information content (AvgIpc) is 2.88. The van der Waals surface area contributed by atoms with Crippen molar-refractivity contribution in [2.24, 2.45) is 0 Å². The van der Waals surface area contributed by atoms with Crippen molar-refractivity contribution in [2.75, 3.05) is 13.1 Å². The Morgan fingerprint density at radius 1 is 1.20 bits per heavy atom. The van der Waals surface area contributed by atoms with Gasteiger partial charge in [-0.2, -0.15) is 0 Å². The summed E-state index contributed by atoms with van der Waals surface area (Å²) in [6.45, 7) is 3.13. The third-order valence-corrected chi connectivity index (χ3v) is 5.31. The molecule has 7 heteroatoms. The van der Waals surface area contributed by atoms with Gasteiger partial charge in [-0.3, -0.25) is 19.7 Å². The van der Waals surface area contributed by atoms with Crippen molar-refractivity contribution in [3.63, 3.8) is 0 Å². The van der Waals surface area contributed by atoms with Gasteiger partial charge in [-0.15, -0.1) is 0 Å². The number of fused-ring (bicyclic) bond motifs is 1. The molecule has 2 saturated heterocycles. The SMILES string of the molecule is O=C1CCC(N2Cc3c(CNC[C@H]4CCN4)cccc3C2=O)C(=O)N1. The maximum Gasteiger partial charge on any atom is 0.255 e. The summed E-state index contributed by atoms with van der Waals surface area (Å²) in [6, 6.07) is 5.72. The van der Waals surface area contributed by atoms with E-state index < -0.39 is 6.04 Å². The minimum atomic E-state index is -0.558. The highest BCUT2D eigenvalue weighted by molar-refractivity contribution is 6.05. The molecule has 1 aromatic carbocycles. The third kappa shape index (κ3) is 3.05. The van der Waals surface area contributed by atoms with Gasteiger partial charge < -0.3 is 15.5 Å². The highest BCUT2D eigenvalue weighted by Gasteiger charge is 2.39. The van der Waals surface area contributed by atoms with Gasteiger partial charge in [0.25, 0.3) is 5.91 Å². The first-order chi connectivity index (χ1) is 12.1. The number of nitrogens with one attached hydrogen (secondary N) is 3. The highest BCUT2D eigenvalue weighted by atomic mass is 16.2. The van der Waals surface area contributed by atoms with Gasteiger partial charge in [0, 0.05) is 37.7 Å². The van der Waals surface area contributed by atoms with Gasteiger partial charge in [-0.25, -0.2) is 0 Å². The molecule has 3 amide bonds. The Hall–Kier alpha value is -2.25. The Labute approximate surface area is 146 Å². The maximum atomic E-state index is 12.7. The lowest BCUT2D eigenvalue weighted by Gasteiger charge is -2.29. The molecule has 4 rings (SSSR count). The van der Waals surface area contributed by atoms with Crippen molar-refractivity contribution in [2.45, 2.75) is 44.4 Å². The summed E-state index contributed by atoms with van der Waals surface area (Å²) in [6.07, 6.45) is 1.87. The lowest BCUT2D eigenvalue weighted by Crippen LogP contribution is -2.52. The lowest BCUT2D eigenvalue weighted by molar-refractivity contribution is -0.136. The molecular formula is C18H22N4O3. The van der Waals surface area contributed by atoms with Gasteiger partial charge in [0.05, 0.1) is 0 Å². The number of amides is 3. The monoisotopic (exact) mass is 342 g/mol. The minimum absolute atomic E-state index is 0.119. The maximum absolute atomic E-state index is 12.7. The molecule has 132 valence electrons. The molecule has 0 radical (unpaired) electrons. The summed E-state index contributed by atoms with van der Waals surface area (Å²) < 4.78 is 0. The number of carbonyl (C=O) groups is 3. The van der Waals surface area contributed by atoms with Crippen LogP contribution in [0.3, 0.4) is 0 Å². The fourth-order valence-electron chi connectivity index (χ4n) is 3.72. The normalized spacial score (nSPS) is 25.6. The zero-order chi connectivity index (χ0) is 17.4. The fourth-order valence-corrected chi connectivity index (χ4v) is 3.72. The summed E-state index contributed by atoms with van der Waals surface area (Å²) in [5, 5.41) is 9.13. The average molecular weight is 342 g/mol. The number of hydrogen-bond acceptors (Lipinski definition) is 5. The van der Waals surface area contributed by atoms with Gasteiger partial charge in [-0.05, 0) is 36.6 Å². The predicted molar refractivity (Wildman–Crippen MR) is 90.6 cm³/mol. The topological polar surface area (TPSA) is 90.5 Å². The van der Waals surface area contributed by atoms with Crippen LogP contribution in [0.4, 0.5) is 0 Å². The molecule has 1 unspecified atom stereocenters. The van der Waals surface area contributed by atoms with E-state index in [2.05, 4.69) is 16.0 Å². The van der Waals surface area contributed by atoms with Crippen molar-refractivity contribution in [1.82, 2.24) is 20.9 Å². The van der Waals surface area contributed by atoms with Crippen LogP contribution in [0.15, 0.2) is 18.2 Å². The van der Waals surface area contributed by atoms with Gasteiger partial charge >= 0.3 is 0 Å². The lowest BCUT2D eigenvalue weighted by atomic mass is 10.0. The second-order valence-corrected chi connectivity index (χ2v) is 6.91.